The molecule has 46 heavy (non-hydrogen) atoms. The molecule has 0 bridgehead atoms. The number of allylic oxidation sites excluding steroid dienone is 8. The van der Waals surface area contributed by atoms with Gasteiger partial charge in [0.2, 0.25) is 11.8 Å². The Morgan fingerprint density at radius 3 is 1.43 bits per heavy atom. The molecule has 0 spiro atoms. The highest BCUT2D eigenvalue weighted by Crippen LogP contribution is 2.63. The number of amides is 2. The van der Waals surface area contributed by atoms with Crippen molar-refractivity contribution in [1.82, 2.24) is 10.6 Å². The first kappa shape index (κ1) is 33.8. The smallest absolute Gasteiger partial charge is 0.226 e. The van der Waals surface area contributed by atoms with Crippen molar-refractivity contribution in [1.29, 1.82) is 0 Å². The molecule has 2 saturated carbocycles. The minimum Gasteiger partial charge on any atom is -0.354 e. The molecular formula is C42H64N2O2. The van der Waals surface area contributed by atoms with Crippen molar-refractivity contribution in [2.45, 2.75) is 132 Å². The Bertz CT molecular complexity index is 1250. The topological polar surface area (TPSA) is 58.2 Å². The first-order valence-electron chi connectivity index (χ1n) is 19.1. The van der Waals surface area contributed by atoms with E-state index in [1.165, 1.54) is 38.5 Å². The Morgan fingerprint density at radius 2 is 1.07 bits per heavy atom. The molecule has 0 saturated heterocycles. The molecule has 6 aliphatic rings. The Kier molecular flexibility index (Phi) is 9.12. The van der Waals surface area contributed by atoms with Crippen LogP contribution in [0, 0.1) is 57.2 Å². The number of carbonyl (C=O) groups excluding carboxylic acids is 2. The van der Waals surface area contributed by atoms with E-state index in [9.17, 15) is 9.59 Å². The zero-order chi connectivity index (χ0) is 33.1. The molecule has 2 amide bonds. The average Bonchev–Trinajstić information content (AvgIpc) is 3.02. The number of rotatable bonds is 7. The number of hydrogen-bond donors (Lipinski definition) is 2. The molecule has 0 aromatic heterocycles. The lowest BCUT2D eigenvalue weighted by atomic mass is 9.46. The fourth-order valence-electron chi connectivity index (χ4n) is 12.0. The third-order valence-corrected chi connectivity index (χ3v) is 14.9. The first-order valence-corrected chi connectivity index (χ1v) is 19.1. The largest absolute Gasteiger partial charge is 0.354 e. The molecule has 254 valence electrons. The molecule has 0 aromatic rings. The molecule has 6 rings (SSSR count). The quantitative estimate of drug-likeness (QED) is 0.276. The SMILES string of the molecule is CC(C)C1=CC2=CC[C@H]3[C@](C)(CCC[C@@]3(C)C(=O)NCCNC(=O)[C@]3(C)CCC[C@]4(C)[C@H]5CCC(C(C)C)=CC5=CC[C@@H]43)[C@@H]2CC1. The molecule has 8 atom stereocenters. The molecule has 0 unspecified atom stereocenters. The van der Waals surface area contributed by atoms with Crippen LogP contribution in [0.3, 0.4) is 0 Å². The van der Waals surface area contributed by atoms with Crippen molar-refractivity contribution in [2.24, 2.45) is 57.2 Å². The van der Waals surface area contributed by atoms with Gasteiger partial charge in [0.1, 0.15) is 0 Å². The highest BCUT2D eigenvalue weighted by atomic mass is 16.2. The van der Waals surface area contributed by atoms with Crippen LogP contribution in [-0.4, -0.2) is 24.9 Å². The maximum absolute atomic E-state index is 14.0. The van der Waals surface area contributed by atoms with Gasteiger partial charge in [0.25, 0.3) is 0 Å². The van der Waals surface area contributed by atoms with Crippen LogP contribution in [0.15, 0.2) is 46.6 Å². The van der Waals surface area contributed by atoms with Crippen molar-refractivity contribution >= 4 is 11.8 Å². The fraction of sp³-hybridized carbons (Fsp3) is 0.762. The van der Waals surface area contributed by atoms with Crippen LogP contribution in [-0.2, 0) is 9.59 Å². The lowest BCUT2D eigenvalue weighted by Gasteiger charge is -2.58. The normalized spacial score (nSPS) is 40.3. The zero-order valence-corrected chi connectivity index (χ0v) is 30.5. The summed E-state index contributed by atoms with van der Waals surface area (Å²) in [4.78, 5) is 28.0. The predicted molar refractivity (Wildman–Crippen MR) is 190 cm³/mol. The van der Waals surface area contributed by atoms with E-state index in [0.29, 0.717) is 48.6 Å². The molecule has 0 aromatic carbocycles. The van der Waals surface area contributed by atoms with Crippen molar-refractivity contribution in [3.05, 3.63) is 46.6 Å². The van der Waals surface area contributed by atoms with Crippen molar-refractivity contribution in [3.8, 4) is 0 Å². The highest BCUT2D eigenvalue weighted by Gasteiger charge is 2.58. The van der Waals surface area contributed by atoms with E-state index in [1.807, 2.05) is 0 Å². The standard InChI is InChI=1S/C42H64N2O2/c1-27(2)29-11-15-33-31(25-29)13-17-35-39(33,5)19-9-21-41(35,7)37(45)43-23-24-44-38(46)42(8)22-10-20-40(6)34-16-12-30(28(3)4)26-32(34)14-18-36(40)42/h13-14,25-28,33-36H,9-12,15-24H2,1-8H3,(H,43,45)(H,44,46)/t33-,34+,35-,36-,39+,40+,41+,42+/m0/s1. The Balaban J connectivity index is 1.08. The first-order chi connectivity index (χ1) is 21.7. The lowest BCUT2D eigenvalue weighted by Crippen LogP contribution is -2.57. The number of carbonyl (C=O) groups is 2. The summed E-state index contributed by atoms with van der Waals surface area (Å²) >= 11 is 0. The van der Waals surface area contributed by atoms with Gasteiger partial charge >= 0.3 is 0 Å². The third kappa shape index (κ3) is 5.50. The van der Waals surface area contributed by atoms with Crippen LogP contribution in [0.1, 0.15) is 132 Å². The molecule has 2 fully saturated rings. The zero-order valence-electron chi connectivity index (χ0n) is 30.5. The van der Waals surface area contributed by atoms with Gasteiger partial charge in [0.05, 0.1) is 10.8 Å². The number of nitrogens with one attached hydrogen (secondary N) is 2. The van der Waals surface area contributed by atoms with E-state index in [2.05, 4.69) is 90.3 Å². The van der Waals surface area contributed by atoms with Crippen molar-refractivity contribution < 1.29 is 9.59 Å². The highest BCUT2D eigenvalue weighted by molar-refractivity contribution is 5.84. The second-order valence-corrected chi connectivity index (χ2v) is 18.0. The van der Waals surface area contributed by atoms with Crippen LogP contribution >= 0.6 is 0 Å². The molecule has 0 radical (unpaired) electrons. The molecular weight excluding hydrogens is 564 g/mol. The van der Waals surface area contributed by atoms with Crippen LogP contribution in [0.2, 0.25) is 0 Å². The van der Waals surface area contributed by atoms with Gasteiger partial charge in [0.15, 0.2) is 0 Å². The Morgan fingerprint density at radius 1 is 0.674 bits per heavy atom. The molecule has 4 heteroatoms. The van der Waals surface area contributed by atoms with Gasteiger partial charge < -0.3 is 10.6 Å². The van der Waals surface area contributed by atoms with Gasteiger partial charge in [-0.15, -0.1) is 0 Å². The summed E-state index contributed by atoms with van der Waals surface area (Å²) in [7, 11) is 0. The minimum absolute atomic E-state index is 0.169. The summed E-state index contributed by atoms with van der Waals surface area (Å²) < 4.78 is 0. The summed E-state index contributed by atoms with van der Waals surface area (Å²) in [5.74, 6) is 3.46. The number of fused-ring (bicyclic) bond motifs is 6. The molecule has 2 N–H and O–H groups in total. The minimum atomic E-state index is -0.367. The van der Waals surface area contributed by atoms with Crippen molar-refractivity contribution in [3.63, 3.8) is 0 Å². The predicted octanol–water partition coefficient (Wildman–Crippen LogP) is 9.49. The Hall–Kier alpha value is -2.10. The van der Waals surface area contributed by atoms with E-state index in [-0.39, 0.29) is 33.5 Å². The third-order valence-electron chi connectivity index (χ3n) is 14.9. The van der Waals surface area contributed by atoms with Gasteiger partial charge in [-0.05, 0) is 122 Å². The van der Waals surface area contributed by atoms with E-state index >= 15 is 0 Å². The van der Waals surface area contributed by atoms with Gasteiger partial charge in [-0.25, -0.2) is 0 Å². The van der Waals surface area contributed by atoms with Crippen LogP contribution in [0.4, 0.5) is 0 Å². The lowest BCUT2D eigenvalue weighted by molar-refractivity contribution is -0.145. The van der Waals surface area contributed by atoms with Gasteiger partial charge in [0, 0.05) is 13.1 Å². The summed E-state index contributed by atoms with van der Waals surface area (Å²) in [6, 6.07) is 0. The van der Waals surface area contributed by atoms with E-state index in [0.717, 1.165) is 38.5 Å². The monoisotopic (exact) mass is 628 g/mol. The number of hydrogen-bond acceptors (Lipinski definition) is 2. The second-order valence-electron chi connectivity index (χ2n) is 18.0. The molecule has 4 nitrogen and oxygen atoms in total. The van der Waals surface area contributed by atoms with E-state index in [1.54, 1.807) is 22.3 Å². The van der Waals surface area contributed by atoms with Crippen LogP contribution in [0.5, 0.6) is 0 Å². The van der Waals surface area contributed by atoms with E-state index < -0.39 is 0 Å². The van der Waals surface area contributed by atoms with Gasteiger partial charge in [-0.2, -0.15) is 0 Å². The Labute approximate surface area is 280 Å². The van der Waals surface area contributed by atoms with Crippen molar-refractivity contribution in [2.75, 3.05) is 13.1 Å². The fourth-order valence-corrected chi connectivity index (χ4v) is 12.0. The summed E-state index contributed by atoms with van der Waals surface area (Å²) in [6.45, 7) is 19.7. The van der Waals surface area contributed by atoms with E-state index in [4.69, 9.17) is 0 Å². The van der Waals surface area contributed by atoms with Crippen LogP contribution in [0.25, 0.3) is 0 Å². The van der Waals surface area contributed by atoms with Crippen LogP contribution < -0.4 is 10.6 Å². The summed E-state index contributed by atoms with van der Waals surface area (Å²) in [5, 5.41) is 6.64. The van der Waals surface area contributed by atoms with Gasteiger partial charge in [-0.1, -0.05) is 104 Å². The molecule has 6 aliphatic carbocycles. The molecule has 0 heterocycles. The van der Waals surface area contributed by atoms with Gasteiger partial charge in [-0.3, -0.25) is 9.59 Å². The molecule has 0 aliphatic heterocycles. The maximum atomic E-state index is 14.0. The summed E-state index contributed by atoms with van der Waals surface area (Å²) in [6.07, 6.45) is 23.3. The second kappa shape index (κ2) is 12.4. The summed E-state index contributed by atoms with van der Waals surface area (Å²) in [5.41, 5.74) is 5.86. The average molecular weight is 629 g/mol. The maximum Gasteiger partial charge on any atom is 0.226 e.